The molecule has 0 radical (unpaired) electrons. The van der Waals surface area contributed by atoms with Crippen LogP contribution in [0.3, 0.4) is 0 Å². The van der Waals surface area contributed by atoms with E-state index >= 15 is 0 Å². The van der Waals surface area contributed by atoms with Gasteiger partial charge in [-0.15, -0.1) is 0 Å². The quantitative estimate of drug-likeness (QED) is 0.812. The predicted molar refractivity (Wildman–Crippen MR) is 52.1 cm³/mol. The first kappa shape index (κ1) is 11.8. The van der Waals surface area contributed by atoms with Gasteiger partial charge in [-0.05, 0) is 26.1 Å². The SMILES string of the molecule is CN(C)CCc1cnc(=O)[nH]c1C(F)F. The van der Waals surface area contributed by atoms with Crippen LogP contribution in [0.2, 0.25) is 0 Å². The Hall–Kier alpha value is -1.30. The maximum absolute atomic E-state index is 12.5. The number of H-pyrrole nitrogens is 1. The van der Waals surface area contributed by atoms with Crippen molar-refractivity contribution < 1.29 is 8.78 Å². The Morgan fingerprint density at radius 2 is 2.20 bits per heavy atom. The zero-order valence-electron chi connectivity index (χ0n) is 8.63. The molecule has 4 nitrogen and oxygen atoms in total. The van der Waals surface area contributed by atoms with Gasteiger partial charge in [0.15, 0.2) is 0 Å². The minimum Gasteiger partial charge on any atom is -0.309 e. The smallest absolute Gasteiger partial charge is 0.309 e. The molecule has 0 aliphatic carbocycles. The Kier molecular flexibility index (Phi) is 3.90. The van der Waals surface area contributed by atoms with E-state index in [0.717, 1.165) is 0 Å². The molecule has 1 aromatic heterocycles. The lowest BCUT2D eigenvalue weighted by Crippen LogP contribution is -2.19. The van der Waals surface area contributed by atoms with E-state index in [0.29, 0.717) is 18.5 Å². The predicted octanol–water partition coefficient (Wildman–Crippen LogP) is 0.812. The standard InChI is InChI=1S/C9H13F2N3O/c1-14(2)4-3-6-5-12-9(15)13-7(6)8(10)11/h5,8H,3-4H2,1-2H3,(H,12,13,15). The number of aromatic amines is 1. The molecule has 0 fully saturated rings. The normalized spacial score (nSPS) is 11.3. The zero-order chi connectivity index (χ0) is 11.4. The molecule has 0 spiro atoms. The lowest BCUT2D eigenvalue weighted by molar-refractivity contribution is 0.144. The molecule has 0 saturated carbocycles. The Morgan fingerprint density at radius 1 is 1.53 bits per heavy atom. The third-order valence-electron chi connectivity index (χ3n) is 1.97. The number of aromatic nitrogens is 2. The Morgan fingerprint density at radius 3 is 2.73 bits per heavy atom. The van der Waals surface area contributed by atoms with Gasteiger partial charge in [0.05, 0.1) is 5.69 Å². The van der Waals surface area contributed by atoms with Crippen molar-refractivity contribution in [3.63, 3.8) is 0 Å². The molecule has 1 rings (SSSR count). The number of rotatable bonds is 4. The third kappa shape index (κ3) is 3.39. The van der Waals surface area contributed by atoms with Crippen LogP contribution in [0.1, 0.15) is 17.7 Å². The Balaban J connectivity index is 2.91. The summed E-state index contributed by atoms with van der Waals surface area (Å²) in [6, 6.07) is 0. The van der Waals surface area contributed by atoms with Crippen molar-refractivity contribution in [1.82, 2.24) is 14.9 Å². The van der Waals surface area contributed by atoms with Crippen LogP contribution in [0.5, 0.6) is 0 Å². The second kappa shape index (κ2) is 4.97. The number of nitrogens with zero attached hydrogens (tertiary/aromatic N) is 2. The number of halogens is 2. The minimum absolute atomic E-state index is 0.322. The summed E-state index contributed by atoms with van der Waals surface area (Å²) in [4.78, 5) is 18.2. The summed E-state index contributed by atoms with van der Waals surface area (Å²) in [6.07, 6.45) is -1.02. The van der Waals surface area contributed by atoms with Crippen molar-refractivity contribution in [1.29, 1.82) is 0 Å². The first-order chi connectivity index (χ1) is 7.00. The van der Waals surface area contributed by atoms with E-state index in [1.54, 1.807) is 0 Å². The van der Waals surface area contributed by atoms with Gasteiger partial charge in [-0.3, -0.25) is 0 Å². The van der Waals surface area contributed by atoms with E-state index in [-0.39, 0.29) is 5.69 Å². The summed E-state index contributed by atoms with van der Waals surface area (Å²) in [5.41, 5.74) is -0.672. The van der Waals surface area contributed by atoms with Crippen molar-refractivity contribution in [2.75, 3.05) is 20.6 Å². The van der Waals surface area contributed by atoms with Crippen LogP contribution in [0, 0.1) is 0 Å². The molecule has 1 aromatic rings. The lowest BCUT2D eigenvalue weighted by Gasteiger charge is -2.11. The van der Waals surface area contributed by atoms with Gasteiger partial charge in [0.1, 0.15) is 0 Å². The number of hydrogen-bond acceptors (Lipinski definition) is 3. The van der Waals surface area contributed by atoms with E-state index in [2.05, 4.69) is 9.97 Å². The highest BCUT2D eigenvalue weighted by atomic mass is 19.3. The highest BCUT2D eigenvalue weighted by molar-refractivity contribution is 5.17. The van der Waals surface area contributed by atoms with Gasteiger partial charge in [-0.2, -0.15) is 0 Å². The van der Waals surface area contributed by atoms with Crippen molar-refractivity contribution >= 4 is 0 Å². The van der Waals surface area contributed by atoms with Gasteiger partial charge in [0.25, 0.3) is 6.43 Å². The molecule has 0 amide bonds. The molecule has 0 saturated heterocycles. The van der Waals surface area contributed by atoms with Crippen molar-refractivity contribution in [3.8, 4) is 0 Å². The molecule has 0 aliphatic rings. The summed E-state index contributed by atoms with van der Waals surface area (Å²) >= 11 is 0. The van der Waals surface area contributed by atoms with Crippen LogP contribution < -0.4 is 5.69 Å². The van der Waals surface area contributed by atoms with Crippen LogP contribution in [0.4, 0.5) is 8.78 Å². The molecule has 0 atom stereocenters. The summed E-state index contributed by atoms with van der Waals surface area (Å²) in [5.74, 6) is 0. The second-order valence-corrected chi connectivity index (χ2v) is 3.48. The molecule has 0 bridgehead atoms. The molecular formula is C9H13F2N3O. The summed E-state index contributed by atoms with van der Waals surface area (Å²) in [7, 11) is 3.70. The van der Waals surface area contributed by atoms with Crippen LogP contribution in [-0.2, 0) is 6.42 Å². The summed E-state index contributed by atoms with van der Waals surface area (Å²) < 4.78 is 25.0. The van der Waals surface area contributed by atoms with Gasteiger partial charge in [0.2, 0.25) is 0 Å². The molecule has 0 aromatic carbocycles. The zero-order valence-corrected chi connectivity index (χ0v) is 8.63. The van der Waals surface area contributed by atoms with Gasteiger partial charge in [-0.25, -0.2) is 18.6 Å². The molecule has 1 heterocycles. The Bertz CT molecular complexity index is 376. The van der Waals surface area contributed by atoms with E-state index in [4.69, 9.17) is 0 Å². The fourth-order valence-electron chi connectivity index (χ4n) is 1.17. The molecule has 15 heavy (non-hydrogen) atoms. The van der Waals surface area contributed by atoms with Crippen molar-refractivity contribution in [2.45, 2.75) is 12.8 Å². The van der Waals surface area contributed by atoms with Gasteiger partial charge >= 0.3 is 5.69 Å². The summed E-state index contributed by atoms with van der Waals surface area (Å²) in [6.45, 7) is 0.632. The van der Waals surface area contributed by atoms with Crippen LogP contribution in [-0.4, -0.2) is 35.5 Å². The van der Waals surface area contributed by atoms with Gasteiger partial charge in [-0.1, -0.05) is 0 Å². The molecule has 1 N–H and O–H groups in total. The minimum atomic E-state index is -2.67. The van der Waals surface area contributed by atoms with Crippen LogP contribution >= 0.6 is 0 Å². The van der Waals surface area contributed by atoms with E-state index < -0.39 is 12.1 Å². The second-order valence-electron chi connectivity index (χ2n) is 3.48. The molecule has 6 heteroatoms. The van der Waals surface area contributed by atoms with Crippen LogP contribution in [0.25, 0.3) is 0 Å². The first-order valence-electron chi connectivity index (χ1n) is 4.51. The topological polar surface area (TPSA) is 49.0 Å². The first-order valence-corrected chi connectivity index (χ1v) is 4.51. The van der Waals surface area contributed by atoms with Crippen LogP contribution in [0.15, 0.2) is 11.0 Å². The molecule has 0 aliphatic heterocycles. The fraction of sp³-hybridized carbons (Fsp3) is 0.556. The third-order valence-corrected chi connectivity index (χ3v) is 1.97. The molecular weight excluding hydrogens is 204 g/mol. The summed E-state index contributed by atoms with van der Waals surface area (Å²) in [5, 5.41) is 0. The van der Waals surface area contributed by atoms with E-state index in [1.165, 1.54) is 6.20 Å². The van der Waals surface area contributed by atoms with Gasteiger partial charge < -0.3 is 9.88 Å². The molecule has 0 unspecified atom stereocenters. The number of likely N-dealkylation sites (N-methyl/N-ethyl adjacent to an activating group) is 1. The largest absolute Gasteiger partial charge is 0.345 e. The highest BCUT2D eigenvalue weighted by Crippen LogP contribution is 2.18. The van der Waals surface area contributed by atoms with Crippen molar-refractivity contribution in [2.24, 2.45) is 0 Å². The maximum atomic E-state index is 12.5. The number of hydrogen-bond donors (Lipinski definition) is 1. The average Bonchev–Trinajstić information content (AvgIpc) is 2.15. The van der Waals surface area contributed by atoms with Crippen molar-refractivity contribution in [3.05, 3.63) is 27.9 Å². The van der Waals surface area contributed by atoms with Gasteiger partial charge in [0, 0.05) is 12.7 Å². The molecule has 84 valence electrons. The highest BCUT2D eigenvalue weighted by Gasteiger charge is 2.14. The van der Waals surface area contributed by atoms with E-state index in [9.17, 15) is 13.6 Å². The number of nitrogens with one attached hydrogen (secondary N) is 1. The average molecular weight is 217 g/mol. The van der Waals surface area contributed by atoms with E-state index in [1.807, 2.05) is 19.0 Å². The number of alkyl halides is 2. The Labute approximate surface area is 85.9 Å². The monoisotopic (exact) mass is 217 g/mol. The lowest BCUT2D eigenvalue weighted by atomic mass is 10.1. The fourth-order valence-corrected chi connectivity index (χ4v) is 1.17. The maximum Gasteiger partial charge on any atom is 0.345 e.